The second-order valence-electron chi connectivity index (χ2n) is 11.6. The van der Waals surface area contributed by atoms with Gasteiger partial charge in [0.25, 0.3) is 0 Å². The minimum absolute atomic E-state index is 0.0863. The number of ether oxygens (including phenoxy) is 3. The summed E-state index contributed by atoms with van der Waals surface area (Å²) in [7, 11) is 2.52. The number of hydrogen-bond acceptors (Lipinski definition) is 7. The molecule has 0 atom stereocenters. The Bertz CT molecular complexity index is 2130. The number of alkyl halides is 3. The third-order valence-corrected chi connectivity index (χ3v) is 8.35. The van der Waals surface area contributed by atoms with Crippen molar-refractivity contribution in [3.05, 3.63) is 123 Å². The molecule has 13 heteroatoms. The van der Waals surface area contributed by atoms with Crippen molar-refractivity contribution >= 4 is 53.0 Å². The Labute approximate surface area is 302 Å². The molecule has 0 bridgehead atoms. The number of halogens is 5. The highest BCUT2D eigenvalue weighted by molar-refractivity contribution is 6.36. The van der Waals surface area contributed by atoms with Crippen LogP contribution in [0.5, 0.6) is 5.75 Å². The average Bonchev–Trinajstić information content (AvgIpc) is 3.48. The topological polar surface area (TPSA) is 106 Å². The van der Waals surface area contributed by atoms with Crippen molar-refractivity contribution in [2.75, 3.05) is 20.0 Å². The molecule has 0 radical (unpaired) electrons. The number of benzene rings is 4. The molecule has 0 spiro atoms. The van der Waals surface area contributed by atoms with E-state index in [0.29, 0.717) is 32.7 Å². The van der Waals surface area contributed by atoms with Crippen molar-refractivity contribution < 1.29 is 37.0 Å². The van der Waals surface area contributed by atoms with Gasteiger partial charge in [0.1, 0.15) is 11.4 Å². The summed E-state index contributed by atoms with van der Waals surface area (Å²) in [6.45, 7) is 3.26. The highest BCUT2D eigenvalue weighted by atomic mass is 35.5. The average molecular weight is 739 g/mol. The molecule has 0 saturated carbocycles. The molecular formula is C38H32Cl2F3N3O5. The lowest BCUT2D eigenvalue weighted by Crippen LogP contribution is -2.14. The maximum absolute atomic E-state index is 14.2. The molecule has 0 fully saturated rings. The van der Waals surface area contributed by atoms with Crippen LogP contribution in [0.4, 0.5) is 18.9 Å². The molecule has 5 rings (SSSR count). The highest BCUT2D eigenvalue weighted by Gasteiger charge is 2.34. The Balaban J connectivity index is 1.50. The summed E-state index contributed by atoms with van der Waals surface area (Å²) in [5, 5.41) is 0.731. The molecule has 0 aliphatic heterocycles. The number of methoxy groups -OCH3 is 2. The summed E-state index contributed by atoms with van der Waals surface area (Å²) in [5.74, 6) is -0.885. The lowest BCUT2D eigenvalue weighted by atomic mass is 9.99. The van der Waals surface area contributed by atoms with Gasteiger partial charge in [-0.3, -0.25) is 0 Å². The van der Waals surface area contributed by atoms with Crippen LogP contribution in [-0.4, -0.2) is 41.8 Å². The Hall–Kier alpha value is -5.26. The first-order valence-electron chi connectivity index (χ1n) is 15.5. The lowest BCUT2D eigenvalue weighted by molar-refractivity contribution is -0.138. The zero-order valence-electron chi connectivity index (χ0n) is 27.8. The van der Waals surface area contributed by atoms with Gasteiger partial charge in [-0.1, -0.05) is 65.7 Å². The first-order chi connectivity index (χ1) is 24.2. The van der Waals surface area contributed by atoms with Gasteiger partial charge in [0.2, 0.25) is 0 Å². The first-order valence-corrected chi connectivity index (χ1v) is 16.2. The predicted molar refractivity (Wildman–Crippen MR) is 192 cm³/mol. The second-order valence-corrected chi connectivity index (χ2v) is 12.5. The SMILES string of the molecule is COC(=O)c1ccc(Cn2cc(-c3ccc(Cl)cc3Cl)nc2C=Cc2ccc(-c3ccc(C(=O)OC(C)C)c(OC)c3N)cc2)c(C(F)(F)F)c1. The number of nitrogens with zero attached hydrogens (tertiary/aromatic N) is 2. The molecule has 0 amide bonds. The summed E-state index contributed by atoms with van der Waals surface area (Å²) in [5.41, 5.74) is 8.71. The van der Waals surface area contributed by atoms with Crippen molar-refractivity contribution in [2.45, 2.75) is 32.7 Å². The molecule has 0 aliphatic rings. The number of anilines is 1. The largest absolute Gasteiger partial charge is 0.494 e. The second kappa shape index (κ2) is 15.3. The number of nitrogen functional groups attached to an aromatic ring is 1. The fourth-order valence-electron chi connectivity index (χ4n) is 5.38. The number of nitrogens with two attached hydrogens (primary N) is 1. The minimum Gasteiger partial charge on any atom is -0.494 e. The summed E-state index contributed by atoms with van der Waals surface area (Å²) in [6, 6.07) is 18.8. The number of carbonyl (C=O) groups excluding carboxylic acids is 2. The smallest absolute Gasteiger partial charge is 0.416 e. The zero-order chi connectivity index (χ0) is 37.0. The normalized spacial score (nSPS) is 11.6. The number of esters is 2. The van der Waals surface area contributed by atoms with E-state index in [0.717, 1.165) is 24.3 Å². The van der Waals surface area contributed by atoms with Crippen LogP contribution in [0.25, 0.3) is 34.5 Å². The lowest BCUT2D eigenvalue weighted by Gasteiger charge is -2.16. The summed E-state index contributed by atoms with van der Waals surface area (Å²) >= 11 is 12.5. The van der Waals surface area contributed by atoms with E-state index < -0.39 is 23.7 Å². The fraction of sp³-hybridized carbons (Fsp3) is 0.184. The molecule has 0 saturated heterocycles. The van der Waals surface area contributed by atoms with Crippen molar-refractivity contribution in [1.82, 2.24) is 9.55 Å². The van der Waals surface area contributed by atoms with Gasteiger partial charge in [-0.15, -0.1) is 0 Å². The standard InChI is InChI=1S/C38H32Cl2F3N3O5/c1-21(2)51-37(48)29-15-14-27(34(44)35(29)49-3)23-8-5-22(6-9-23)7-16-33-45-32(28-13-12-26(39)18-31(28)40)20-46(33)19-25-11-10-24(36(47)50-4)17-30(25)38(41,42)43/h5-18,20-21H,19,44H2,1-4H3. The first kappa shape index (κ1) is 37.0. The molecule has 0 unspecified atom stereocenters. The Kier molecular flexibility index (Phi) is 11.1. The highest BCUT2D eigenvalue weighted by Crippen LogP contribution is 2.38. The third-order valence-electron chi connectivity index (χ3n) is 7.80. The van der Waals surface area contributed by atoms with E-state index in [9.17, 15) is 22.8 Å². The zero-order valence-corrected chi connectivity index (χ0v) is 29.4. The van der Waals surface area contributed by atoms with Crippen molar-refractivity contribution in [3.63, 3.8) is 0 Å². The van der Waals surface area contributed by atoms with Gasteiger partial charge >= 0.3 is 18.1 Å². The molecule has 1 heterocycles. The number of hydrogen-bond donors (Lipinski definition) is 1. The summed E-state index contributed by atoms with van der Waals surface area (Å²) < 4.78 is 59.5. The Morgan fingerprint density at radius 2 is 1.63 bits per heavy atom. The van der Waals surface area contributed by atoms with Crippen LogP contribution < -0.4 is 10.5 Å². The third kappa shape index (κ3) is 8.38. The van der Waals surface area contributed by atoms with Crippen LogP contribution in [0, 0.1) is 0 Å². The molecule has 0 aliphatic carbocycles. The van der Waals surface area contributed by atoms with E-state index in [2.05, 4.69) is 4.74 Å². The van der Waals surface area contributed by atoms with Crippen molar-refractivity contribution in [1.29, 1.82) is 0 Å². The van der Waals surface area contributed by atoms with Crippen LogP contribution in [-0.2, 0) is 22.2 Å². The molecule has 2 N–H and O–H groups in total. The van der Waals surface area contributed by atoms with Gasteiger partial charge in [-0.2, -0.15) is 13.2 Å². The Morgan fingerprint density at radius 3 is 2.25 bits per heavy atom. The van der Waals surface area contributed by atoms with Gasteiger partial charge in [0, 0.05) is 28.9 Å². The van der Waals surface area contributed by atoms with Crippen LogP contribution in [0.2, 0.25) is 10.0 Å². The molecule has 1 aromatic heterocycles. The molecule has 5 aromatic rings. The molecule has 51 heavy (non-hydrogen) atoms. The molecule has 4 aromatic carbocycles. The quantitative estimate of drug-likeness (QED) is 0.112. The van der Waals surface area contributed by atoms with Gasteiger partial charge in [0.05, 0.1) is 47.9 Å². The van der Waals surface area contributed by atoms with Gasteiger partial charge in [-0.05, 0) is 73.0 Å². The van der Waals surface area contributed by atoms with Crippen LogP contribution in [0.3, 0.4) is 0 Å². The number of imidazole rings is 1. The number of aromatic nitrogens is 2. The fourth-order valence-corrected chi connectivity index (χ4v) is 5.88. The van der Waals surface area contributed by atoms with Crippen molar-refractivity contribution in [2.24, 2.45) is 0 Å². The van der Waals surface area contributed by atoms with E-state index in [1.165, 1.54) is 19.2 Å². The van der Waals surface area contributed by atoms with E-state index in [4.69, 9.17) is 43.4 Å². The molecule has 264 valence electrons. The van der Waals surface area contributed by atoms with Crippen LogP contribution in [0.1, 0.15) is 57.1 Å². The van der Waals surface area contributed by atoms with Crippen LogP contribution >= 0.6 is 23.2 Å². The van der Waals surface area contributed by atoms with Crippen LogP contribution in [0.15, 0.2) is 79.0 Å². The van der Waals surface area contributed by atoms with Gasteiger partial charge < -0.3 is 24.5 Å². The molecular weight excluding hydrogens is 706 g/mol. The Morgan fingerprint density at radius 1 is 0.922 bits per heavy atom. The van der Waals surface area contributed by atoms with Gasteiger partial charge in [-0.25, -0.2) is 14.6 Å². The van der Waals surface area contributed by atoms with E-state index in [1.54, 1.807) is 67.1 Å². The summed E-state index contributed by atoms with van der Waals surface area (Å²) in [6.07, 6.45) is -0.0323. The maximum atomic E-state index is 14.2. The van der Waals surface area contributed by atoms with Gasteiger partial charge in [0.15, 0.2) is 5.75 Å². The van der Waals surface area contributed by atoms with E-state index >= 15 is 0 Å². The molecule has 8 nitrogen and oxygen atoms in total. The number of rotatable bonds is 10. The number of carbonyl (C=O) groups is 2. The van der Waals surface area contributed by atoms with E-state index in [-0.39, 0.29) is 40.8 Å². The summed E-state index contributed by atoms with van der Waals surface area (Å²) in [4.78, 5) is 29.3. The monoisotopic (exact) mass is 737 g/mol. The minimum atomic E-state index is -4.74. The van der Waals surface area contributed by atoms with Crippen molar-refractivity contribution in [3.8, 4) is 28.1 Å². The van der Waals surface area contributed by atoms with E-state index in [1.807, 2.05) is 24.3 Å². The predicted octanol–water partition coefficient (Wildman–Crippen LogP) is 9.70. The maximum Gasteiger partial charge on any atom is 0.416 e.